The normalized spacial score (nSPS) is 23.8. The predicted molar refractivity (Wildman–Crippen MR) is 82.2 cm³/mol. The molecule has 0 radical (unpaired) electrons. The Morgan fingerprint density at radius 2 is 2.05 bits per heavy atom. The topological polar surface area (TPSA) is 32.7 Å². The number of aliphatic hydroxyl groups excluding tert-OH is 1. The summed E-state index contributed by atoms with van der Waals surface area (Å²) < 4.78 is 5.67. The van der Waals surface area contributed by atoms with Crippen LogP contribution < -0.4 is 4.74 Å². The number of aliphatic hydroxyl groups is 1. The zero-order valence-corrected chi connectivity index (χ0v) is 12.7. The summed E-state index contributed by atoms with van der Waals surface area (Å²) >= 11 is 0. The molecule has 0 spiro atoms. The highest BCUT2D eigenvalue weighted by molar-refractivity contribution is 5.27. The van der Waals surface area contributed by atoms with Crippen LogP contribution in [0.25, 0.3) is 0 Å². The van der Waals surface area contributed by atoms with Crippen LogP contribution in [0.4, 0.5) is 0 Å². The van der Waals surface area contributed by atoms with E-state index in [1.807, 2.05) is 12.1 Å². The Morgan fingerprint density at radius 1 is 1.30 bits per heavy atom. The highest BCUT2D eigenvalue weighted by Gasteiger charge is 2.25. The third-order valence-corrected chi connectivity index (χ3v) is 4.08. The minimum atomic E-state index is -0.160. The number of nitrogens with zero attached hydrogens (tertiary/aromatic N) is 1. The molecule has 0 amide bonds. The molecule has 1 fully saturated rings. The van der Waals surface area contributed by atoms with Crippen LogP contribution in [0.2, 0.25) is 0 Å². The van der Waals surface area contributed by atoms with Gasteiger partial charge in [0.05, 0.1) is 12.7 Å². The van der Waals surface area contributed by atoms with Crippen LogP contribution in [0.15, 0.2) is 24.3 Å². The van der Waals surface area contributed by atoms with Gasteiger partial charge in [-0.2, -0.15) is 0 Å². The van der Waals surface area contributed by atoms with Crippen LogP contribution in [-0.2, 0) is 6.42 Å². The molecule has 0 saturated carbocycles. The summed E-state index contributed by atoms with van der Waals surface area (Å²) in [7, 11) is 2.13. The molecular formula is C17H27NO2. The van der Waals surface area contributed by atoms with Gasteiger partial charge in [-0.1, -0.05) is 25.5 Å². The molecular weight excluding hydrogens is 250 g/mol. The summed E-state index contributed by atoms with van der Waals surface area (Å²) in [5, 5.41) is 10.1. The average Bonchev–Trinajstić information content (AvgIpc) is 2.45. The second-order valence-corrected chi connectivity index (χ2v) is 5.93. The fourth-order valence-corrected chi connectivity index (χ4v) is 2.76. The quantitative estimate of drug-likeness (QED) is 0.812. The van der Waals surface area contributed by atoms with Crippen molar-refractivity contribution in [1.29, 1.82) is 0 Å². The second-order valence-electron chi connectivity index (χ2n) is 5.93. The van der Waals surface area contributed by atoms with Gasteiger partial charge in [-0.15, -0.1) is 0 Å². The molecule has 1 aromatic rings. The Balaban J connectivity index is 1.86. The molecule has 2 unspecified atom stereocenters. The number of unbranched alkanes of at least 4 members (excludes halogenated alkanes) is 1. The lowest BCUT2D eigenvalue weighted by molar-refractivity contribution is 0.0366. The summed E-state index contributed by atoms with van der Waals surface area (Å²) in [6, 6.07) is 8.35. The first-order valence-electron chi connectivity index (χ1n) is 7.77. The van der Waals surface area contributed by atoms with E-state index < -0.39 is 0 Å². The van der Waals surface area contributed by atoms with Crippen molar-refractivity contribution in [2.24, 2.45) is 5.92 Å². The fraction of sp³-hybridized carbons (Fsp3) is 0.647. The van der Waals surface area contributed by atoms with Crippen LogP contribution in [0.5, 0.6) is 5.75 Å². The first-order valence-corrected chi connectivity index (χ1v) is 7.77. The lowest BCUT2D eigenvalue weighted by atomic mass is 9.89. The molecule has 1 N–H and O–H groups in total. The predicted octanol–water partition coefficient (Wildman–Crippen LogP) is 2.72. The summed E-state index contributed by atoms with van der Waals surface area (Å²) in [6.07, 6.45) is 3.93. The van der Waals surface area contributed by atoms with Crippen LogP contribution in [0, 0.1) is 5.92 Å². The van der Waals surface area contributed by atoms with E-state index in [2.05, 4.69) is 31.0 Å². The average molecular weight is 277 g/mol. The van der Waals surface area contributed by atoms with Crippen molar-refractivity contribution >= 4 is 0 Å². The van der Waals surface area contributed by atoms with Gasteiger partial charge in [0.2, 0.25) is 0 Å². The molecule has 3 heteroatoms. The van der Waals surface area contributed by atoms with Crippen LogP contribution in [0.3, 0.4) is 0 Å². The van der Waals surface area contributed by atoms with Crippen molar-refractivity contribution in [3.8, 4) is 5.75 Å². The van der Waals surface area contributed by atoms with E-state index in [4.69, 9.17) is 4.74 Å². The smallest absolute Gasteiger partial charge is 0.119 e. The van der Waals surface area contributed by atoms with Crippen molar-refractivity contribution < 1.29 is 9.84 Å². The Hall–Kier alpha value is -1.06. The third kappa shape index (κ3) is 4.50. The molecule has 1 aliphatic rings. The third-order valence-electron chi connectivity index (χ3n) is 4.08. The lowest BCUT2D eigenvalue weighted by Gasteiger charge is -2.34. The molecule has 1 saturated heterocycles. The first kappa shape index (κ1) is 15.3. The van der Waals surface area contributed by atoms with E-state index in [0.29, 0.717) is 5.92 Å². The summed E-state index contributed by atoms with van der Waals surface area (Å²) in [5.74, 6) is 1.30. The maximum absolute atomic E-state index is 10.1. The van der Waals surface area contributed by atoms with E-state index in [1.54, 1.807) is 0 Å². The van der Waals surface area contributed by atoms with E-state index in [-0.39, 0.29) is 6.10 Å². The van der Waals surface area contributed by atoms with Crippen LogP contribution >= 0.6 is 0 Å². The minimum Gasteiger partial charge on any atom is -0.494 e. The maximum atomic E-state index is 10.1. The molecule has 2 rings (SSSR count). The molecule has 0 bridgehead atoms. The van der Waals surface area contributed by atoms with Crippen LogP contribution in [0.1, 0.15) is 31.7 Å². The SMILES string of the molecule is CCCCOc1ccc(CC2CN(C)CCC2O)cc1. The van der Waals surface area contributed by atoms with E-state index in [9.17, 15) is 5.11 Å². The summed E-state index contributed by atoms with van der Waals surface area (Å²) in [5.41, 5.74) is 1.28. The van der Waals surface area contributed by atoms with Gasteiger partial charge in [0.25, 0.3) is 0 Å². The van der Waals surface area contributed by atoms with Crippen molar-refractivity contribution in [2.75, 3.05) is 26.7 Å². The standard InChI is InChI=1S/C17H27NO2/c1-3-4-11-20-16-7-5-14(6-8-16)12-15-13-18(2)10-9-17(15)19/h5-8,15,17,19H,3-4,9-13H2,1-2H3. The largest absolute Gasteiger partial charge is 0.494 e. The van der Waals surface area contributed by atoms with Crippen LogP contribution in [-0.4, -0.2) is 42.9 Å². The van der Waals surface area contributed by atoms with E-state index in [1.165, 1.54) is 5.56 Å². The molecule has 1 aliphatic heterocycles. The van der Waals surface area contributed by atoms with Crippen molar-refractivity contribution in [3.63, 3.8) is 0 Å². The van der Waals surface area contributed by atoms with Crippen molar-refractivity contribution in [2.45, 2.75) is 38.7 Å². The fourth-order valence-electron chi connectivity index (χ4n) is 2.76. The number of rotatable bonds is 6. The minimum absolute atomic E-state index is 0.160. The summed E-state index contributed by atoms with van der Waals surface area (Å²) in [4.78, 5) is 2.31. The van der Waals surface area contributed by atoms with E-state index in [0.717, 1.165) is 51.1 Å². The van der Waals surface area contributed by atoms with Gasteiger partial charge in [-0.05, 0) is 44.0 Å². The number of likely N-dealkylation sites (tertiary alicyclic amines) is 1. The number of benzene rings is 1. The zero-order valence-electron chi connectivity index (χ0n) is 12.7. The Kier molecular flexibility index (Phi) is 5.86. The molecule has 0 aromatic heterocycles. The number of hydrogen-bond acceptors (Lipinski definition) is 3. The van der Waals surface area contributed by atoms with Gasteiger partial charge in [0, 0.05) is 19.0 Å². The van der Waals surface area contributed by atoms with Crippen molar-refractivity contribution in [3.05, 3.63) is 29.8 Å². The summed E-state index contributed by atoms with van der Waals surface area (Å²) in [6.45, 7) is 4.94. The van der Waals surface area contributed by atoms with E-state index >= 15 is 0 Å². The molecule has 1 heterocycles. The van der Waals surface area contributed by atoms with Gasteiger partial charge >= 0.3 is 0 Å². The lowest BCUT2D eigenvalue weighted by Crippen LogP contribution is -2.41. The molecule has 112 valence electrons. The van der Waals surface area contributed by atoms with Gasteiger partial charge in [0.1, 0.15) is 5.75 Å². The van der Waals surface area contributed by atoms with Gasteiger partial charge in [-0.3, -0.25) is 0 Å². The maximum Gasteiger partial charge on any atom is 0.119 e. The highest BCUT2D eigenvalue weighted by Crippen LogP contribution is 2.22. The Labute approximate surface area is 122 Å². The molecule has 2 atom stereocenters. The molecule has 0 aliphatic carbocycles. The Morgan fingerprint density at radius 3 is 2.75 bits per heavy atom. The second kappa shape index (κ2) is 7.65. The number of piperidine rings is 1. The molecule has 1 aromatic carbocycles. The molecule has 3 nitrogen and oxygen atoms in total. The van der Waals surface area contributed by atoms with Gasteiger partial charge in [-0.25, -0.2) is 0 Å². The highest BCUT2D eigenvalue weighted by atomic mass is 16.5. The van der Waals surface area contributed by atoms with Gasteiger partial charge < -0.3 is 14.7 Å². The zero-order chi connectivity index (χ0) is 14.4. The van der Waals surface area contributed by atoms with Gasteiger partial charge in [0.15, 0.2) is 0 Å². The molecule has 20 heavy (non-hydrogen) atoms. The first-order chi connectivity index (χ1) is 9.69. The monoisotopic (exact) mass is 277 g/mol. The Bertz CT molecular complexity index is 390. The number of hydrogen-bond donors (Lipinski definition) is 1. The van der Waals surface area contributed by atoms with Crippen molar-refractivity contribution in [1.82, 2.24) is 4.90 Å². The number of ether oxygens (including phenoxy) is 1.